The summed E-state index contributed by atoms with van der Waals surface area (Å²) in [5.74, 6) is -3.04. The number of allylic oxidation sites excluding steroid dienone is 1. The second kappa shape index (κ2) is 19.2. The van der Waals surface area contributed by atoms with Crippen LogP contribution in [0.15, 0.2) is 55.6 Å². The van der Waals surface area contributed by atoms with Crippen molar-refractivity contribution in [1.29, 1.82) is 0 Å². The van der Waals surface area contributed by atoms with Gasteiger partial charge in [0.25, 0.3) is 0 Å². The van der Waals surface area contributed by atoms with Crippen molar-refractivity contribution in [3.05, 3.63) is 61.2 Å². The minimum atomic E-state index is -1.15. The molecule has 1 spiro atoms. The number of ether oxygens (including phenoxy) is 3. The van der Waals surface area contributed by atoms with E-state index in [0.29, 0.717) is 57.3 Å². The molecule has 7 atom stereocenters. The third-order valence-corrected chi connectivity index (χ3v) is 10.3. The highest BCUT2D eigenvalue weighted by Gasteiger charge is 2.75. The lowest BCUT2D eigenvalue weighted by molar-refractivity contribution is -0.163. The summed E-state index contributed by atoms with van der Waals surface area (Å²) in [5.41, 5.74) is -0.474. The van der Waals surface area contributed by atoms with E-state index in [2.05, 4.69) is 25.4 Å². The average Bonchev–Trinajstić information content (AvgIpc) is 3.76. The van der Waals surface area contributed by atoms with E-state index in [4.69, 9.17) is 14.2 Å². The van der Waals surface area contributed by atoms with Crippen molar-refractivity contribution >= 4 is 23.7 Å². The number of rotatable bonds is 23. The summed E-state index contributed by atoms with van der Waals surface area (Å²) < 4.78 is 18.5. The highest BCUT2D eigenvalue weighted by Crippen LogP contribution is 2.59. The number of carbonyl (C=O) groups excluding carboxylic acids is 4. The fraction of sp³-hybridized carbons (Fsp3) is 0.641. The number of amides is 3. The molecule has 4 rings (SSSR count). The summed E-state index contributed by atoms with van der Waals surface area (Å²) in [4.78, 5) is 59.7. The Morgan fingerprint density at radius 2 is 1.88 bits per heavy atom. The molecule has 3 amide bonds. The highest BCUT2D eigenvalue weighted by atomic mass is 16.6. The number of unbranched alkanes of at least 4 members (excludes halogenated alkanes) is 5. The Labute approximate surface area is 297 Å². The zero-order valence-corrected chi connectivity index (χ0v) is 29.9. The highest BCUT2D eigenvalue weighted by molar-refractivity contribution is 5.98. The maximum absolute atomic E-state index is 14.5. The SMILES string of the molecule is C=CCCC(=O)N[C@@H](COC)[C@@H](OC(=O)[C@@H]1[C@@H]2CC[C@]3(O2)[C@H](C(=O)N(CC=C)CCCCC)N(CCCCCCO)C(=O)[C@@H]13)c1ccccc1. The molecule has 0 aromatic heterocycles. The second-order valence-corrected chi connectivity index (χ2v) is 13.7. The first kappa shape index (κ1) is 39.2. The summed E-state index contributed by atoms with van der Waals surface area (Å²) in [5, 5.41) is 12.2. The van der Waals surface area contributed by atoms with Gasteiger partial charge in [0.2, 0.25) is 17.7 Å². The van der Waals surface area contributed by atoms with E-state index in [-0.39, 0.29) is 37.4 Å². The van der Waals surface area contributed by atoms with E-state index in [1.807, 2.05) is 30.3 Å². The number of aliphatic hydroxyl groups excluding tert-OH is 1. The standard InChI is InChI=1S/C39H57N3O8/c1-5-8-15-24-41(23-7-3)37(46)35-39-22-21-30(50-39)32(33(39)36(45)42(35)25-16-10-11-17-26-43)38(47)49-34(28-18-13-12-14-19-28)29(27-48-4)40-31(44)20-9-6-2/h6-7,12-14,18-19,29-30,32-35,43H,2-3,5,8-11,15-17,20-27H2,1,4H3,(H,40,44)/t29-,30-,32+,33+,34-,35-,39+/m0/s1. The van der Waals surface area contributed by atoms with E-state index in [1.54, 1.807) is 22.0 Å². The molecule has 3 aliphatic heterocycles. The lowest BCUT2D eigenvalue weighted by atomic mass is 9.70. The normalized spacial score (nSPS) is 24.8. The number of benzene rings is 1. The van der Waals surface area contributed by atoms with Gasteiger partial charge in [-0.1, -0.05) is 75.1 Å². The fourth-order valence-corrected chi connectivity index (χ4v) is 7.99. The number of hydrogen-bond acceptors (Lipinski definition) is 8. The van der Waals surface area contributed by atoms with Crippen LogP contribution in [0.1, 0.15) is 89.2 Å². The molecule has 0 aliphatic carbocycles. The molecule has 3 heterocycles. The molecule has 3 saturated heterocycles. The number of carbonyl (C=O) groups is 4. The molecule has 1 aromatic carbocycles. The molecular weight excluding hydrogens is 638 g/mol. The van der Waals surface area contributed by atoms with Crippen LogP contribution in [0.3, 0.4) is 0 Å². The zero-order valence-electron chi connectivity index (χ0n) is 29.9. The van der Waals surface area contributed by atoms with Crippen molar-refractivity contribution in [2.45, 2.75) is 107 Å². The van der Waals surface area contributed by atoms with Crippen LogP contribution in [0.2, 0.25) is 0 Å². The molecule has 50 heavy (non-hydrogen) atoms. The number of nitrogens with one attached hydrogen (secondary N) is 1. The van der Waals surface area contributed by atoms with Crippen molar-refractivity contribution in [3.8, 4) is 0 Å². The van der Waals surface area contributed by atoms with Crippen LogP contribution in [-0.2, 0) is 33.4 Å². The van der Waals surface area contributed by atoms with Gasteiger partial charge in [0, 0.05) is 39.8 Å². The number of esters is 1. The van der Waals surface area contributed by atoms with Crippen molar-refractivity contribution in [3.63, 3.8) is 0 Å². The van der Waals surface area contributed by atoms with Gasteiger partial charge in [-0.2, -0.15) is 0 Å². The van der Waals surface area contributed by atoms with Gasteiger partial charge < -0.3 is 34.4 Å². The Hall–Kier alpha value is -3.54. The summed E-state index contributed by atoms with van der Waals surface area (Å²) in [6, 6.07) is 7.62. The smallest absolute Gasteiger partial charge is 0.313 e. The molecular formula is C39H57N3O8. The molecule has 0 unspecified atom stereocenters. The third kappa shape index (κ3) is 8.84. The molecule has 11 nitrogen and oxygen atoms in total. The molecule has 2 bridgehead atoms. The van der Waals surface area contributed by atoms with Crippen LogP contribution in [0.25, 0.3) is 0 Å². The van der Waals surface area contributed by atoms with Gasteiger partial charge >= 0.3 is 5.97 Å². The first-order chi connectivity index (χ1) is 24.3. The van der Waals surface area contributed by atoms with Gasteiger partial charge in [-0.3, -0.25) is 19.2 Å². The van der Waals surface area contributed by atoms with Gasteiger partial charge in [-0.15, -0.1) is 13.2 Å². The van der Waals surface area contributed by atoms with Crippen molar-refractivity contribution < 1.29 is 38.5 Å². The molecule has 2 N–H and O–H groups in total. The predicted octanol–water partition coefficient (Wildman–Crippen LogP) is 4.50. The van der Waals surface area contributed by atoms with Gasteiger partial charge in [0.1, 0.15) is 17.7 Å². The second-order valence-electron chi connectivity index (χ2n) is 13.7. The number of nitrogens with zero attached hydrogens (tertiary/aromatic N) is 2. The Balaban J connectivity index is 1.65. The van der Waals surface area contributed by atoms with Crippen LogP contribution in [0, 0.1) is 11.8 Å². The number of hydrogen-bond donors (Lipinski definition) is 2. The maximum atomic E-state index is 14.5. The number of fused-ring (bicyclic) bond motifs is 1. The minimum Gasteiger partial charge on any atom is -0.455 e. The van der Waals surface area contributed by atoms with E-state index in [0.717, 1.165) is 32.1 Å². The zero-order chi connectivity index (χ0) is 36.1. The lowest BCUT2D eigenvalue weighted by Gasteiger charge is -2.37. The lowest BCUT2D eigenvalue weighted by Crippen LogP contribution is -2.56. The Bertz CT molecular complexity index is 1310. The predicted molar refractivity (Wildman–Crippen MR) is 190 cm³/mol. The van der Waals surface area contributed by atoms with Crippen LogP contribution in [0.5, 0.6) is 0 Å². The minimum absolute atomic E-state index is 0.0847. The molecule has 3 fully saturated rings. The first-order valence-electron chi connectivity index (χ1n) is 18.4. The Kier molecular flexibility index (Phi) is 15.1. The van der Waals surface area contributed by atoms with Gasteiger partial charge in [-0.05, 0) is 44.1 Å². The summed E-state index contributed by atoms with van der Waals surface area (Å²) in [6.07, 6.45) is 9.38. The fourth-order valence-electron chi connectivity index (χ4n) is 7.99. The summed E-state index contributed by atoms with van der Waals surface area (Å²) >= 11 is 0. The maximum Gasteiger partial charge on any atom is 0.313 e. The number of aliphatic hydroxyl groups is 1. The summed E-state index contributed by atoms with van der Waals surface area (Å²) in [7, 11) is 1.52. The number of likely N-dealkylation sites (tertiary alicyclic amines) is 1. The Morgan fingerprint density at radius 3 is 2.56 bits per heavy atom. The molecule has 0 saturated carbocycles. The number of methoxy groups -OCH3 is 1. The largest absolute Gasteiger partial charge is 0.455 e. The van der Waals surface area contributed by atoms with Crippen molar-refractivity contribution in [2.24, 2.45) is 11.8 Å². The van der Waals surface area contributed by atoms with E-state index in [1.165, 1.54) is 7.11 Å². The monoisotopic (exact) mass is 695 g/mol. The molecule has 11 heteroatoms. The summed E-state index contributed by atoms with van der Waals surface area (Å²) in [6.45, 7) is 11.1. The van der Waals surface area contributed by atoms with Crippen molar-refractivity contribution in [2.75, 3.05) is 40.0 Å². The Morgan fingerprint density at radius 1 is 1.12 bits per heavy atom. The topological polar surface area (TPSA) is 135 Å². The molecule has 3 aliphatic rings. The average molecular weight is 696 g/mol. The molecule has 1 aromatic rings. The molecule has 0 radical (unpaired) electrons. The van der Waals surface area contributed by atoms with Crippen LogP contribution < -0.4 is 5.32 Å². The van der Waals surface area contributed by atoms with Crippen LogP contribution in [-0.4, -0.2) is 102 Å². The first-order valence-corrected chi connectivity index (χ1v) is 18.4. The quantitative estimate of drug-likeness (QED) is 0.0972. The third-order valence-electron chi connectivity index (χ3n) is 10.3. The van der Waals surface area contributed by atoms with E-state index in [9.17, 15) is 24.3 Å². The molecule has 276 valence electrons. The van der Waals surface area contributed by atoms with Gasteiger partial charge in [-0.25, -0.2) is 0 Å². The van der Waals surface area contributed by atoms with E-state index < -0.39 is 47.7 Å². The van der Waals surface area contributed by atoms with Crippen LogP contribution >= 0.6 is 0 Å². The van der Waals surface area contributed by atoms with Crippen LogP contribution in [0.4, 0.5) is 0 Å². The van der Waals surface area contributed by atoms with Crippen molar-refractivity contribution in [1.82, 2.24) is 15.1 Å². The van der Waals surface area contributed by atoms with Gasteiger partial charge in [0.05, 0.1) is 30.6 Å². The van der Waals surface area contributed by atoms with E-state index >= 15 is 0 Å². The van der Waals surface area contributed by atoms with Gasteiger partial charge in [0.15, 0.2) is 0 Å².